The van der Waals surface area contributed by atoms with Gasteiger partial charge in [-0.2, -0.15) is 5.10 Å². The van der Waals surface area contributed by atoms with Crippen molar-refractivity contribution in [3.8, 4) is 5.75 Å². The fourth-order valence-corrected chi connectivity index (χ4v) is 2.58. The number of carbonyl (C=O) groups is 3. The highest BCUT2D eigenvalue weighted by atomic mass is 16.5. The molecule has 0 atom stereocenters. The summed E-state index contributed by atoms with van der Waals surface area (Å²) in [7, 11) is 1.31. The van der Waals surface area contributed by atoms with E-state index in [9.17, 15) is 14.4 Å². The third-order valence-electron chi connectivity index (χ3n) is 4.11. The number of anilines is 1. The van der Waals surface area contributed by atoms with Gasteiger partial charge >= 0.3 is 5.97 Å². The Morgan fingerprint density at radius 1 is 1.17 bits per heavy atom. The highest BCUT2D eigenvalue weighted by Gasteiger charge is 2.19. The minimum absolute atomic E-state index is 0.0317. The highest BCUT2D eigenvalue weighted by Crippen LogP contribution is 2.18. The van der Waals surface area contributed by atoms with Crippen LogP contribution in [0.15, 0.2) is 47.0 Å². The van der Waals surface area contributed by atoms with Crippen LogP contribution in [-0.4, -0.2) is 34.7 Å². The molecule has 10 nitrogen and oxygen atoms in total. The van der Waals surface area contributed by atoms with Crippen molar-refractivity contribution in [2.45, 2.75) is 20.1 Å². The van der Waals surface area contributed by atoms with Gasteiger partial charge in [-0.1, -0.05) is 0 Å². The van der Waals surface area contributed by atoms with Gasteiger partial charge in [-0.3, -0.25) is 14.3 Å². The van der Waals surface area contributed by atoms with Gasteiger partial charge in [0, 0.05) is 12.7 Å². The predicted molar refractivity (Wildman–Crippen MR) is 105 cm³/mol. The Balaban J connectivity index is 1.62. The molecule has 10 heteroatoms. The summed E-state index contributed by atoms with van der Waals surface area (Å²) >= 11 is 0. The number of nitrogens with one attached hydrogen (secondary N) is 1. The van der Waals surface area contributed by atoms with Crippen molar-refractivity contribution < 1.29 is 28.3 Å². The highest BCUT2D eigenvalue weighted by molar-refractivity contribution is 6.06. The Hall–Kier alpha value is -4.08. The summed E-state index contributed by atoms with van der Waals surface area (Å²) in [4.78, 5) is 35.4. The van der Waals surface area contributed by atoms with Crippen LogP contribution in [0.5, 0.6) is 5.75 Å². The van der Waals surface area contributed by atoms with E-state index >= 15 is 0 Å². The quantitative estimate of drug-likeness (QED) is 0.541. The standard InChI is InChI=1S/C20H20N4O6/c1-3-24-10-15(17(23-24)18(21)25)22-19(26)16-9-8-14(30-16)11-29-13-6-4-12(5-7-13)20(27)28-2/h4-10H,3,11H2,1-2H3,(H2,21,25)(H,22,26). The first-order chi connectivity index (χ1) is 14.4. The Bertz CT molecular complexity index is 1070. The molecule has 0 unspecified atom stereocenters. The number of furan rings is 1. The minimum Gasteiger partial charge on any atom is -0.486 e. The van der Waals surface area contributed by atoms with E-state index in [-0.39, 0.29) is 23.7 Å². The van der Waals surface area contributed by atoms with Gasteiger partial charge in [0.2, 0.25) is 0 Å². The molecule has 0 radical (unpaired) electrons. The number of nitrogens with zero attached hydrogens (tertiary/aromatic N) is 2. The van der Waals surface area contributed by atoms with Crippen LogP contribution in [0.25, 0.3) is 0 Å². The molecule has 2 heterocycles. The lowest BCUT2D eigenvalue weighted by atomic mass is 10.2. The molecule has 3 aromatic rings. The lowest BCUT2D eigenvalue weighted by Crippen LogP contribution is -2.17. The summed E-state index contributed by atoms with van der Waals surface area (Å²) in [5.74, 6) is -0.771. The third-order valence-corrected chi connectivity index (χ3v) is 4.11. The van der Waals surface area contributed by atoms with Gasteiger partial charge in [0.05, 0.1) is 18.4 Å². The molecule has 3 N–H and O–H groups in total. The zero-order chi connectivity index (χ0) is 21.7. The molecule has 0 saturated carbocycles. The summed E-state index contributed by atoms with van der Waals surface area (Å²) in [6.45, 7) is 2.43. The molecular weight excluding hydrogens is 392 g/mol. The molecular formula is C20H20N4O6. The number of primary amides is 1. The Morgan fingerprint density at radius 2 is 1.90 bits per heavy atom. The van der Waals surface area contributed by atoms with Crippen LogP contribution in [0.1, 0.15) is 44.1 Å². The molecule has 1 aromatic carbocycles. The molecule has 0 spiro atoms. The van der Waals surface area contributed by atoms with Crippen LogP contribution in [0.2, 0.25) is 0 Å². The summed E-state index contributed by atoms with van der Waals surface area (Å²) in [6.07, 6.45) is 1.52. The van der Waals surface area contributed by atoms with Crippen molar-refractivity contribution in [3.05, 3.63) is 65.4 Å². The van der Waals surface area contributed by atoms with Crippen molar-refractivity contribution in [3.63, 3.8) is 0 Å². The van der Waals surface area contributed by atoms with Gasteiger partial charge in [0.1, 0.15) is 18.1 Å². The molecule has 2 aromatic heterocycles. The van der Waals surface area contributed by atoms with Crippen molar-refractivity contribution in [2.75, 3.05) is 12.4 Å². The number of esters is 1. The molecule has 0 aliphatic rings. The number of hydrogen-bond donors (Lipinski definition) is 2. The second kappa shape index (κ2) is 8.95. The van der Waals surface area contributed by atoms with Crippen LogP contribution < -0.4 is 15.8 Å². The monoisotopic (exact) mass is 412 g/mol. The largest absolute Gasteiger partial charge is 0.486 e. The molecule has 3 rings (SSSR count). The lowest BCUT2D eigenvalue weighted by molar-refractivity contribution is 0.0600. The van der Waals surface area contributed by atoms with Gasteiger partial charge in [-0.15, -0.1) is 0 Å². The van der Waals surface area contributed by atoms with Gasteiger partial charge < -0.3 is 24.9 Å². The second-order valence-corrected chi connectivity index (χ2v) is 6.14. The topological polar surface area (TPSA) is 139 Å². The molecule has 0 fully saturated rings. The number of ether oxygens (including phenoxy) is 2. The summed E-state index contributed by atoms with van der Waals surface area (Å²) in [5.41, 5.74) is 5.88. The van der Waals surface area contributed by atoms with Gasteiger partial charge in [0.15, 0.2) is 11.5 Å². The van der Waals surface area contributed by atoms with Crippen molar-refractivity contribution in [2.24, 2.45) is 5.73 Å². The SMILES string of the molecule is CCn1cc(NC(=O)c2ccc(COc3ccc(C(=O)OC)cc3)o2)c(C(N)=O)n1. The fourth-order valence-electron chi connectivity index (χ4n) is 2.58. The molecule has 0 aliphatic carbocycles. The molecule has 2 amide bonds. The zero-order valence-corrected chi connectivity index (χ0v) is 16.4. The molecule has 156 valence electrons. The summed E-state index contributed by atoms with van der Waals surface area (Å²) < 4.78 is 17.2. The van der Waals surface area contributed by atoms with Crippen molar-refractivity contribution >= 4 is 23.5 Å². The first kappa shape index (κ1) is 20.6. The molecule has 0 bridgehead atoms. The Labute approximate surface area is 171 Å². The number of nitrogens with two attached hydrogens (primary N) is 1. The minimum atomic E-state index is -0.746. The number of rotatable bonds is 8. The first-order valence-corrected chi connectivity index (χ1v) is 8.99. The van der Waals surface area contributed by atoms with Crippen molar-refractivity contribution in [1.82, 2.24) is 9.78 Å². The number of amides is 2. The van der Waals surface area contributed by atoms with E-state index in [0.717, 1.165) is 0 Å². The summed E-state index contributed by atoms with van der Waals surface area (Å²) in [6, 6.07) is 9.49. The second-order valence-electron chi connectivity index (χ2n) is 6.14. The number of hydrogen-bond acceptors (Lipinski definition) is 7. The number of aromatic nitrogens is 2. The molecule has 0 aliphatic heterocycles. The number of aryl methyl sites for hydroxylation is 1. The number of carbonyl (C=O) groups excluding carboxylic acids is 3. The Morgan fingerprint density at radius 3 is 2.53 bits per heavy atom. The molecule has 0 saturated heterocycles. The maximum atomic E-state index is 12.4. The van der Waals surface area contributed by atoms with Crippen molar-refractivity contribution in [1.29, 1.82) is 0 Å². The third kappa shape index (κ3) is 4.66. The lowest BCUT2D eigenvalue weighted by Gasteiger charge is -2.05. The fraction of sp³-hybridized carbons (Fsp3) is 0.200. The van der Waals surface area contributed by atoms with Crippen LogP contribution in [-0.2, 0) is 17.9 Å². The smallest absolute Gasteiger partial charge is 0.337 e. The Kier molecular flexibility index (Phi) is 6.16. The van der Waals surface area contributed by atoms with E-state index in [1.807, 2.05) is 6.92 Å². The average molecular weight is 412 g/mol. The maximum Gasteiger partial charge on any atom is 0.337 e. The number of benzene rings is 1. The molecule has 30 heavy (non-hydrogen) atoms. The van der Waals surface area contributed by atoms with E-state index in [1.165, 1.54) is 24.1 Å². The van der Waals surface area contributed by atoms with Gasteiger partial charge in [0.25, 0.3) is 11.8 Å². The van der Waals surface area contributed by atoms with Crippen LogP contribution >= 0.6 is 0 Å². The van der Waals surface area contributed by atoms with Crippen LogP contribution in [0, 0.1) is 0 Å². The number of methoxy groups -OCH3 is 1. The summed E-state index contributed by atoms with van der Waals surface area (Å²) in [5, 5.41) is 6.58. The zero-order valence-electron chi connectivity index (χ0n) is 16.4. The normalized spacial score (nSPS) is 10.5. The van der Waals surface area contributed by atoms with E-state index in [1.54, 1.807) is 30.3 Å². The predicted octanol–water partition coefficient (Wildman–Crippen LogP) is 2.21. The van der Waals surface area contributed by atoms with Crippen LogP contribution in [0.3, 0.4) is 0 Å². The van der Waals surface area contributed by atoms with Crippen LogP contribution in [0.4, 0.5) is 5.69 Å². The van der Waals surface area contributed by atoms with E-state index in [0.29, 0.717) is 23.6 Å². The maximum absolute atomic E-state index is 12.4. The first-order valence-electron chi connectivity index (χ1n) is 8.99. The van der Waals surface area contributed by atoms with E-state index in [2.05, 4.69) is 15.2 Å². The van der Waals surface area contributed by atoms with E-state index in [4.69, 9.17) is 14.9 Å². The van der Waals surface area contributed by atoms with Gasteiger partial charge in [-0.05, 0) is 43.3 Å². The average Bonchev–Trinajstić information content (AvgIpc) is 3.39. The van der Waals surface area contributed by atoms with Gasteiger partial charge in [-0.25, -0.2) is 4.79 Å². The van der Waals surface area contributed by atoms with E-state index < -0.39 is 17.8 Å².